The highest BCUT2D eigenvalue weighted by molar-refractivity contribution is 9.10. The molecule has 0 spiro atoms. The number of carbonyl (C=O) groups is 2. The van der Waals surface area contributed by atoms with Crippen molar-refractivity contribution in [3.05, 3.63) is 22.9 Å². The topological polar surface area (TPSA) is 79.3 Å². The number of carboxylic acids is 1. The van der Waals surface area contributed by atoms with Crippen LogP contribution >= 0.6 is 15.9 Å². The Labute approximate surface area is 114 Å². The van der Waals surface area contributed by atoms with Crippen LogP contribution < -0.4 is 5.32 Å². The van der Waals surface area contributed by atoms with Crippen molar-refractivity contribution in [3.8, 4) is 0 Å². The molecule has 0 aliphatic carbocycles. The molecule has 1 aromatic heterocycles. The zero-order valence-corrected chi connectivity index (χ0v) is 11.4. The lowest BCUT2D eigenvalue weighted by Gasteiger charge is -2.04. The maximum absolute atomic E-state index is 11.6. The van der Waals surface area contributed by atoms with Gasteiger partial charge in [-0.3, -0.25) is 14.6 Å². The molecule has 1 aromatic rings. The Morgan fingerprint density at radius 2 is 1.94 bits per heavy atom. The summed E-state index contributed by atoms with van der Waals surface area (Å²) in [5.41, 5.74) is 0.653. The molecule has 0 unspecified atom stereocenters. The molecule has 2 N–H and O–H groups in total. The quantitative estimate of drug-likeness (QED) is 0.758. The van der Waals surface area contributed by atoms with Crippen LogP contribution in [0.3, 0.4) is 0 Å². The lowest BCUT2D eigenvalue weighted by atomic mass is 10.1. The third-order valence-corrected chi connectivity index (χ3v) is 2.72. The molecular weight excluding hydrogens is 300 g/mol. The summed E-state index contributed by atoms with van der Waals surface area (Å²) in [6.45, 7) is 0. The van der Waals surface area contributed by atoms with Gasteiger partial charge in [0, 0.05) is 23.5 Å². The van der Waals surface area contributed by atoms with Crippen LogP contribution in [0.1, 0.15) is 32.1 Å². The third-order valence-electron chi connectivity index (χ3n) is 2.28. The number of aliphatic carboxylic acids is 1. The van der Waals surface area contributed by atoms with Gasteiger partial charge in [0.1, 0.15) is 0 Å². The molecule has 1 heterocycles. The van der Waals surface area contributed by atoms with Gasteiger partial charge in [-0.15, -0.1) is 0 Å². The van der Waals surface area contributed by atoms with Crippen LogP contribution in [0.25, 0.3) is 0 Å². The summed E-state index contributed by atoms with van der Waals surface area (Å²) in [5, 5.41) is 11.2. The summed E-state index contributed by atoms with van der Waals surface area (Å²) in [6.07, 6.45) is 5.83. The molecule has 1 rings (SSSR count). The van der Waals surface area contributed by atoms with E-state index >= 15 is 0 Å². The Hall–Kier alpha value is -1.43. The first-order valence-corrected chi connectivity index (χ1v) is 6.49. The van der Waals surface area contributed by atoms with E-state index in [1.807, 2.05) is 0 Å². The van der Waals surface area contributed by atoms with E-state index in [-0.39, 0.29) is 12.3 Å². The average molecular weight is 315 g/mol. The van der Waals surface area contributed by atoms with Gasteiger partial charge in [-0.05, 0) is 34.8 Å². The van der Waals surface area contributed by atoms with Crippen molar-refractivity contribution in [2.45, 2.75) is 32.1 Å². The maximum Gasteiger partial charge on any atom is 0.303 e. The number of unbranched alkanes of at least 4 members (excludes halogenated alkanes) is 2. The number of rotatable bonds is 7. The van der Waals surface area contributed by atoms with E-state index in [4.69, 9.17) is 5.11 Å². The molecule has 0 bridgehead atoms. The lowest BCUT2D eigenvalue weighted by Crippen LogP contribution is -2.11. The average Bonchev–Trinajstić information content (AvgIpc) is 2.28. The smallest absolute Gasteiger partial charge is 0.303 e. The van der Waals surface area contributed by atoms with Crippen LogP contribution in [0.4, 0.5) is 5.69 Å². The molecule has 5 nitrogen and oxygen atoms in total. The molecule has 0 saturated heterocycles. The number of hydrogen-bond donors (Lipinski definition) is 2. The van der Waals surface area contributed by atoms with Crippen LogP contribution in [0.5, 0.6) is 0 Å². The first-order chi connectivity index (χ1) is 8.58. The number of carboxylic acid groups (broad SMARTS) is 1. The van der Waals surface area contributed by atoms with Crippen LogP contribution in [0.15, 0.2) is 22.9 Å². The van der Waals surface area contributed by atoms with E-state index in [1.54, 1.807) is 18.5 Å². The highest BCUT2D eigenvalue weighted by atomic mass is 79.9. The first-order valence-electron chi connectivity index (χ1n) is 5.70. The van der Waals surface area contributed by atoms with Crippen molar-refractivity contribution in [3.63, 3.8) is 0 Å². The van der Waals surface area contributed by atoms with Crippen molar-refractivity contribution in [1.82, 2.24) is 4.98 Å². The zero-order valence-electron chi connectivity index (χ0n) is 9.86. The first kappa shape index (κ1) is 14.6. The van der Waals surface area contributed by atoms with Crippen molar-refractivity contribution in [2.75, 3.05) is 5.32 Å². The fourth-order valence-electron chi connectivity index (χ4n) is 1.44. The molecule has 0 aromatic carbocycles. The molecule has 1 amide bonds. The van der Waals surface area contributed by atoms with Crippen LogP contribution in [-0.4, -0.2) is 22.0 Å². The van der Waals surface area contributed by atoms with Gasteiger partial charge >= 0.3 is 5.97 Å². The Morgan fingerprint density at radius 1 is 1.22 bits per heavy atom. The Kier molecular flexibility index (Phi) is 6.35. The second-order valence-corrected chi connectivity index (χ2v) is 4.81. The van der Waals surface area contributed by atoms with Gasteiger partial charge in [0.15, 0.2) is 0 Å². The SMILES string of the molecule is O=C(O)CCCCCC(=O)Nc1cncc(Br)c1. The molecule has 0 fully saturated rings. The fourth-order valence-corrected chi connectivity index (χ4v) is 1.81. The number of halogens is 1. The molecule has 6 heteroatoms. The van der Waals surface area contributed by atoms with Gasteiger partial charge in [0.2, 0.25) is 5.91 Å². The predicted octanol–water partition coefficient (Wildman–Crippen LogP) is 2.82. The van der Waals surface area contributed by atoms with Gasteiger partial charge in [-0.25, -0.2) is 0 Å². The van der Waals surface area contributed by atoms with E-state index in [9.17, 15) is 9.59 Å². The van der Waals surface area contributed by atoms with Crippen molar-refractivity contribution >= 4 is 33.5 Å². The van der Waals surface area contributed by atoms with E-state index in [1.165, 1.54) is 0 Å². The van der Waals surface area contributed by atoms with Gasteiger partial charge in [0.25, 0.3) is 0 Å². The van der Waals surface area contributed by atoms with Crippen LogP contribution in [0, 0.1) is 0 Å². The fraction of sp³-hybridized carbons (Fsp3) is 0.417. The molecule has 0 radical (unpaired) electrons. The standard InChI is InChI=1S/C12H15BrN2O3/c13-9-6-10(8-14-7-9)15-11(16)4-2-1-3-5-12(17)18/h6-8H,1-5H2,(H,15,16)(H,17,18). The Balaban J connectivity index is 2.20. The largest absolute Gasteiger partial charge is 0.481 e. The molecule has 0 aliphatic rings. The number of pyridine rings is 1. The second kappa shape index (κ2) is 7.81. The second-order valence-electron chi connectivity index (χ2n) is 3.89. The van der Waals surface area contributed by atoms with Gasteiger partial charge in [-0.2, -0.15) is 0 Å². The summed E-state index contributed by atoms with van der Waals surface area (Å²) >= 11 is 3.27. The highest BCUT2D eigenvalue weighted by Gasteiger charge is 2.03. The maximum atomic E-state index is 11.6. The Bertz CT molecular complexity index is 424. The summed E-state index contributed by atoms with van der Waals surface area (Å²) < 4.78 is 0.807. The van der Waals surface area contributed by atoms with E-state index < -0.39 is 5.97 Å². The van der Waals surface area contributed by atoms with E-state index in [0.717, 1.165) is 10.9 Å². The van der Waals surface area contributed by atoms with Gasteiger partial charge in [0.05, 0.1) is 11.9 Å². The molecule has 0 atom stereocenters. The lowest BCUT2D eigenvalue weighted by molar-refractivity contribution is -0.137. The van der Waals surface area contributed by atoms with E-state index in [2.05, 4.69) is 26.2 Å². The zero-order chi connectivity index (χ0) is 13.4. The third kappa shape index (κ3) is 6.34. The number of anilines is 1. The molecule has 0 aliphatic heterocycles. The van der Waals surface area contributed by atoms with Gasteiger partial charge in [-0.1, -0.05) is 6.42 Å². The van der Waals surface area contributed by atoms with Gasteiger partial charge < -0.3 is 10.4 Å². The Morgan fingerprint density at radius 3 is 2.61 bits per heavy atom. The summed E-state index contributed by atoms with van der Waals surface area (Å²) in [7, 11) is 0. The molecule has 0 saturated carbocycles. The summed E-state index contributed by atoms with van der Waals surface area (Å²) in [6, 6.07) is 1.77. The molecule has 98 valence electrons. The van der Waals surface area contributed by atoms with Crippen LogP contribution in [0.2, 0.25) is 0 Å². The minimum Gasteiger partial charge on any atom is -0.481 e. The molecular formula is C12H15BrN2O3. The number of carbonyl (C=O) groups excluding carboxylic acids is 1. The number of hydrogen-bond acceptors (Lipinski definition) is 3. The van der Waals surface area contributed by atoms with Crippen LogP contribution in [-0.2, 0) is 9.59 Å². The van der Waals surface area contributed by atoms with Crippen molar-refractivity contribution < 1.29 is 14.7 Å². The minimum absolute atomic E-state index is 0.0785. The molecule has 18 heavy (non-hydrogen) atoms. The summed E-state index contributed by atoms with van der Waals surface area (Å²) in [4.78, 5) is 25.8. The summed E-state index contributed by atoms with van der Waals surface area (Å²) in [5.74, 6) is -0.870. The highest BCUT2D eigenvalue weighted by Crippen LogP contribution is 2.14. The number of amides is 1. The monoisotopic (exact) mass is 314 g/mol. The minimum atomic E-state index is -0.792. The van der Waals surface area contributed by atoms with Crippen molar-refractivity contribution in [2.24, 2.45) is 0 Å². The van der Waals surface area contributed by atoms with E-state index in [0.29, 0.717) is 24.9 Å². The predicted molar refractivity (Wildman–Crippen MR) is 71.3 cm³/mol. The number of nitrogens with zero attached hydrogens (tertiary/aromatic N) is 1. The number of nitrogens with one attached hydrogen (secondary N) is 1. The van der Waals surface area contributed by atoms with Crippen molar-refractivity contribution in [1.29, 1.82) is 0 Å². The number of aromatic nitrogens is 1. The normalized spacial score (nSPS) is 10.1.